The highest BCUT2D eigenvalue weighted by Crippen LogP contribution is 2.38. The minimum Gasteiger partial charge on any atom is -0.460 e. The molecule has 412 valence electrons. The molecule has 4 rings (SSSR count). The number of amides is 1. The number of methoxy groups -OCH3 is 3. The molecule has 1 saturated carbocycles. The topological polar surface area (TPSA) is 242 Å². The fraction of sp³-hybridized carbons (Fsp3) is 0.750. The standard InChI is InChI=1S/C56H87NO16/c1-33-17-13-12-14-18-34(2)45(68-9)29-41-22-20-39(7)56(67,73-41)51(63)52(64)57-24-16-15-19-42(57)53(65)71-46(30-43(60)35(3)26-38(6)49(62)50(70-11)48(61)37(5)25-33)36(4)27-40-21-23-44(47(28-40)69-10)72-54(66)55(8,31-58)32-59/h12-14,17-18,26,33,35-37,39-42,44-47,49-50,58-59,62,67H,15-16,19-25,27-32H2,1-11H3/b14-12+,17-13+,34-18+,38-26+/t33-,35+,36-,37+,39-,40-,41+,42+,44+,45-,46+,47+,49-,50+,56-/m1/s1. The zero-order valence-electron chi connectivity index (χ0n) is 45.3. The van der Waals surface area contributed by atoms with Gasteiger partial charge in [0.25, 0.3) is 11.7 Å². The molecular formula is C56H87NO16. The van der Waals surface area contributed by atoms with Crippen molar-refractivity contribution >= 4 is 35.2 Å². The van der Waals surface area contributed by atoms with E-state index in [1.807, 2.05) is 51.2 Å². The fourth-order valence-electron chi connectivity index (χ4n) is 10.7. The smallest absolute Gasteiger partial charge is 0.329 e. The summed E-state index contributed by atoms with van der Waals surface area (Å²) in [4.78, 5) is 85.4. The van der Waals surface area contributed by atoms with Gasteiger partial charge in [0.2, 0.25) is 5.79 Å². The van der Waals surface area contributed by atoms with E-state index >= 15 is 0 Å². The van der Waals surface area contributed by atoms with Crippen molar-refractivity contribution in [1.82, 2.24) is 4.90 Å². The second-order valence-corrected chi connectivity index (χ2v) is 21.8. The summed E-state index contributed by atoms with van der Waals surface area (Å²) < 4.78 is 35.4. The van der Waals surface area contributed by atoms with Crippen LogP contribution in [0, 0.1) is 40.9 Å². The Morgan fingerprint density at radius 3 is 2.21 bits per heavy atom. The van der Waals surface area contributed by atoms with Crippen LogP contribution in [-0.2, 0) is 57.2 Å². The van der Waals surface area contributed by atoms with E-state index in [-0.39, 0.29) is 42.8 Å². The number of nitrogens with zero attached hydrogens (tertiary/aromatic N) is 1. The maximum atomic E-state index is 14.5. The van der Waals surface area contributed by atoms with E-state index in [0.29, 0.717) is 69.8 Å². The van der Waals surface area contributed by atoms with Gasteiger partial charge in [-0.05, 0) is 114 Å². The van der Waals surface area contributed by atoms with Crippen LogP contribution < -0.4 is 0 Å². The molecule has 17 nitrogen and oxygen atoms in total. The first-order chi connectivity index (χ1) is 34.5. The molecule has 0 aromatic heterocycles. The first-order valence-electron chi connectivity index (χ1n) is 26.4. The lowest BCUT2D eigenvalue weighted by Gasteiger charge is -2.42. The Morgan fingerprint density at radius 2 is 1.56 bits per heavy atom. The molecule has 0 aromatic rings. The van der Waals surface area contributed by atoms with Gasteiger partial charge < -0.3 is 53.7 Å². The van der Waals surface area contributed by atoms with Crippen LogP contribution in [0.4, 0.5) is 0 Å². The number of carbonyl (C=O) groups excluding carboxylic acids is 6. The number of esters is 2. The van der Waals surface area contributed by atoms with E-state index < -0.39 is 120 Å². The lowest BCUT2D eigenvalue weighted by molar-refractivity contribution is -0.265. The van der Waals surface area contributed by atoms with Crippen LogP contribution in [0.5, 0.6) is 0 Å². The number of rotatable bonds is 10. The molecule has 0 radical (unpaired) electrons. The summed E-state index contributed by atoms with van der Waals surface area (Å²) >= 11 is 0. The van der Waals surface area contributed by atoms with E-state index in [0.717, 1.165) is 10.5 Å². The van der Waals surface area contributed by atoms with E-state index in [1.54, 1.807) is 40.9 Å². The monoisotopic (exact) mass is 1030 g/mol. The molecule has 15 atom stereocenters. The summed E-state index contributed by atoms with van der Waals surface area (Å²) in [7, 11) is 4.43. The Morgan fingerprint density at radius 1 is 0.863 bits per heavy atom. The number of carbonyl (C=O) groups is 6. The molecule has 0 aromatic carbocycles. The van der Waals surface area contributed by atoms with Crippen molar-refractivity contribution in [3.8, 4) is 0 Å². The Hall–Kier alpha value is -3.94. The predicted octanol–water partition coefficient (Wildman–Crippen LogP) is 5.72. The van der Waals surface area contributed by atoms with E-state index in [9.17, 15) is 49.2 Å². The van der Waals surface area contributed by atoms with Crippen molar-refractivity contribution in [3.63, 3.8) is 0 Å². The minimum atomic E-state index is -2.47. The molecule has 1 aliphatic carbocycles. The summed E-state index contributed by atoms with van der Waals surface area (Å²) in [5.41, 5.74) is -0.277. The average Bonchev–Trinajstić information content (AvgIpc) is 3.37. The largest absolute Gasteiger partial charge is 0.460 e. The summed E-state index contributed by atoms with van der Waals surface area (Å²) in [5.74, 6) is -9.36. The number of allylic oxidation sites excluding steroid dienone is 6. The summed E-state index contributed by atoms with van der Waals surface area (Å²) in [5, 5.41) is 43.1. The van der Waals surface area contributed by atoms with Crippen molar-refractivity contribution in [2.24, 2.45) is 40.9 Å². The number of hydrogen-bond acceptors (Lipinski definition) is 16. The van der Waals surface area contributed by atoms with Gasteiger partial charge in [-0.25, -0.2) is 4.79 Å². The molecule has 1 amide bonds. The first kappa shape index (κ1) is 61.6. The lowest BCUT2D eigenvalue weighted by Crippen LogP contribution is -2.61. The zero-order chi connectivity index (χ0) is 54.4. The Kier molecular flexibility index (Phi) is 23.9. The van der Waals surface area contributed by atoms with Crippen LogP contribution in [0.3, 0.4) is 0 Å². The first-order valence-corrected chi connectivity index (χ1v) is 26.4. The van der Waals surface area contributed by atoms with Gasteiger partial charge in [0.05, 0.1) is 31.5 Å². The molecule has 4 N–H and O–H groups in total. The van der Waals surface area contributed by atoms with Gasteiger partial charge in [-0.1, -0.05) is 71.1 Å². The second-order valence-electron chi connectivity index (χ2n) is 21.8. The molecule has 0 unspecified atom stereocenters. The number of hydrogen-bond donors (Lipinski definition) is 4. The highest BCUT2D eigenvalue weighted by atomic mass is 16.6. The van der Waals surface area contributed by atoms with E-state index in [4.69, 9.17) is 28.4 Å². The molecule has 2 saturated heterocycles. The Labute approximate surface area is 433 Å². The predicted molar refractivity (Wildman–Crippen MR) is 271 cm³/mol. The number of fused-ring (bicyclic) bond motifs is 3. The van der Waals surface area contributed by atoms with Crippen molar-refractivity contribution in [2.75, 3.05) is 41.1 Å². The number of aliphatic hydroxyl groups excluding tert-OH is 3. The van der Waals surface area contributed by atoms with Crippen LogP contribution in [0.1, 0.15) is 132 Å². The lowest BCUT2D eigenvalue weighted by atomic mass is 9.78. The van der Waals surface area contributed by atoms with Gasteiger partial charge in [0.15, 0.2) is 5.78 Å². The average molecular weight is 1030 g/mol. The molecular weight excluding hydrogens is 943 g/mol. The second kappa shape index (κ2) is 28.3. The molecule has 3 fully saturated rings. The Balaban J connectivity index is 1.69. The van der Waals surface area contributed by atoms with Crippen LogP contribution in [0.25, 0.3) is 0 Å². The number of ether oxygens (including phenoxy) is 6. The highest BCUT2D eigenvalue weighted by Gasteiger charge is 2.53. The molecule has 3 aliphatic heterocycles. The SMILES string of the molecule is CO[C@H]1C[C@@H](C[C@@H](C)[C@@H]2CC(=O)[C@@H](C)/C=C(\C)[C@@H](O)[C@@H](OC)C(=O)[C@@H](C)C[C@H](C)/C=C/C=C/C=C(\C)[C@H](OC)C[C@@H]3CC[C@@H](C)[C@@](O)(O3)C(=O)C(=O)N3CCCC[C@H]3C(=O)O2)CC[C@@H]1OC(=O)C(C)(CO)CO. The molecule has 2 bridgehead atoms. The molecule has 73 heavy (non-hydrogen) atoms. The van der Waals surface area contributed by atoms with Crippen LogP contribution >= 0.6 is 0 Å². The van der Waals surface area contributed by atoms with Crippen molar-refractivity contribution in [2.45, 2.75) is 187 Å². The molecule has 0 spiro atoms. The number of Topliss-reactive ketones (excluding diaryl/α,β-unsaturated/α-hetero) is 3. The van der Waals surface area contributed by atoms with Crippen LogP contribution in [0.2, 0.25) is 0 Å². The third kappa shape index (κ3) is 16.0. The van der Waals surface area contributed by atoms with Crippen LogP contribution in [-0.4, -0.2) is 156 Å². The van der Waals surface area contributed by atoms with Crippen molar-refractivity contribution in [3.05, 3.63) is 47.6 Å². The molecule has 3 heterocycles. The maximum absolute atomic E-state index is 14.5. The van der Waals surface area contributed by atoms with Gasteiger partial charge in [-0.15, -0.1) is 0 Å². The molecule has 4 aliphatic rings. The zero-order valence-corrected chi connectivity index (χ0v) is 45.3. The summed E-state index contributed by atoms with van der Waals surface area (Å²) in [6.07, 6.45) is 9.76. The van der Waals surface area contributed by atoms with Gasteiger partial charge >= 0.3 is 11.9 Å². The molecule has 17 heteroatoms. The van der Waals surface area contributed by atoms with Gasteiger partial charge in [-0.2, -0.15) is 0 Å². The number of ketones is 3. The van der Waals surface area contributed by atoms with Gasteiger partial charge in [0, 0.05) is 58.5 Å². The van der Waals surface area contributed by atoms with E-state index in [2.05, 4.69) is 0 Å². The number of cyclic esters (lactones) is 1. The maximum Gasteiger partial charge on any atom is 0.329 e. The quantitative estimate of drug-likeness (QED) is 0.116. The fourth-order valence-corrected chi connectivity index (χ4v) is 10.7. The third-order valence-corrected chi connectivity index (χ3v) is 15.9. The van der Waals surface area contributed by atoms with Crippen molar-refractivity contribution in [1.29, 1.82) is 0 Å². The van der Waals surface area contributed by atoms with Gasteiger partial charge in [-0.3, -0.25) is 24.0 Å². The number of piperidine rings is 1. The minimum absolute atomic E-state index is 0.00697. The van der Waals surface area contributed by atoms with E-state index in [1.165, 1.54) is 21.1 Å². The highest BCUT2D eigenvalue weighted by molar-refractivity contribution is 6.39. The third-order valence-electron chi connectivity index (χ3n) is 15.9. The van der Waals surface area contributed by atoms with Crippen LogP contribution in [0.15, 0.2) is 47.6 Å². The Bertz CT molecular complexity index is 2010. The summed E-state index contributed by atoms with van der Waals surface area (Å²) in [6, 6.07) is -1.20. The van der Waals surface area contributed by atoms with Gasteiger partial charge in [0.1, 0.15) is 41.7 Å². The summed E-state index contributed by atoms with van der Waals surface area (Å²) in [6.45, 7) is 12.7. The normalized spacial score (nSPS) is 37.4. The number of aliphatic hydroxyl groups is 4. The van der Waals surface area contributed by atoms with Crippen molar-refractivity contribution < 1.29 is 77.6 Å².